The molecule has 2 amide bonds. The summed E-state index contributed by atoms with van der Waals surface area (Å²) in [6.07, 6.45) is 3.30. The number of rotatable bonds is 6. The van der Waals surface area contributed by atoms with Crippen molar-refractivity contribution in [2.45, 2.75) is 19.3 Å². The number of hydrogen-bond acceptors (Lipinski definition) is 5. The van der Waals surface area contributed by atoms with Crippen molar-refractivity contribution in [3.05, 3.63) is 64.3 Å². The molecule has 0 saturated heterocycles. The molecule has 170 valence electrons. The van der Waals surface area contributed by atoms with Crippen LogP contribution >= 0.6 is 22.9 Å². The summed E-state index contributed by atoms with van der Waals surface area (Å²) in [4.78, 5) is 30.0. The molecule has 0 atom stereocenters. The van der Waals surface area contributed by atoms with Crippen LogP contribution in [0.5, 0.6) is 5.75 Å². The lowest BCUT2D eigenvalue weighted by molar-refractivity contribution is -0.101. The monoisotopic (exact) mass is 489 g/mol. The zero-order valence-corrected chi connectivity index (χ0v) is 18.7. The topological polar surface area (TPSA) is 91.3 Å². The van der Waals surface area contributed by atoms with E-state index in [0.29, 0.717) is 6.54 Å². The van der Waals surface area contributed by atoms with Crippen LogP contribution in [0.4, 0.5) is 13.8 Å². The van der Waals surface area contributed by atoms with Crippen molar-refractivity contribution in [1.29, 1.82) is 0 Å². The van der Waals surface area contributed by atoms with Gasteiger partial charge in [-0.1, -0.05) is 35.1 Å². The maximum atomic E-state index is 14.3. The fraction of sp³-hybridized carbons (Fsp3) is 0.261. The first kappa shape index (κ1) is 21.8. The summed E-state index contributed by atoms with van der Waals surface area (Å²) in [7, 11) is 0. The second-order valence-electron chi connectivity index (χ2n) is 8.58. The van der Waals surface area contributed by atoms with E-state index in [1.165, 1.54) is 18.2 Å². The van der Waals surface area contributed by atoms with Gasteiger partial charge in [-0.3, -0.25) is 9.59 Å². The van der Waals surface area contributed by atoms with Gasteiger partial charge in [0.15, 0.2) is 17.3 Å². The van der Waals surface area contributed by atoms with Crippen LogP contribution in [0.15, 0.2) is 36.4 Å². The van der Waals surface area contributed by atoms with Crippen LogP contribution < -0.4 is 10.6 Å². The summed E-state index contributed by atoms with van der Waals surface area (Å²) in [6.45, 7) is 0.515. The lowest BCUT2D eigenvalue weighted by atomic mass is 9.44. The Balaban J connectivity index is 1.44. The van der Waals surface area contributed by atoms with E-state index >= 15 is 0 Å². The van der Waals surface area contributed by atoms with Gasteiger partial charge in [0.2, 0.25) is 0 Å². The Morgan fingerprint density at radius 3 is 2.52 bits per heavy atom. The molecule has 0 spiro atoms. The highest BCUT2D eigenvalue weighted by Gasteiger charge is 2.56. The van der Waals surface area contributed by atoms with Gasteiger partial charge >= 0.3 is 0 Å². The number of halogens is 3. The van der Waals surface area contributed by atoms with E-state index in [0.717, 1.165) is 48.6 Å². The number of thiazole rings is 1. The predicted octanol–water partition coefficient (Wildman–Crippen LogP) is 5.23. The molecule has 3 aliphatic carbocycles. The Kier molecular flexibility index (Phi) is 5.33. The number of phenols is 1. The maximum Gasteiger partial charge on any atom is 0.273 e. The number of hydrogen-bond donors (Lipinski definition) is 3. The Hall–Kier alpha value is -3.04. The van der Waals surface area contributed by atoms with Crippen LogP contribution in [0.25, 0.3) is 10.6 Å². The summed E-state index contributed by atoms with van der Waals surface area (Å²) < 4.78 is 28.2. The number of amides is 2. The van der Waals surface area contributed by atoms with Crippen LogP contribution in [0.1, 0.15) is 40.1 Å². The van der Waals surface area contributed by atoms with E-state index in [-0.39, 0.29) is 37.3 Å². The number of anilines is 1. The van der Waals surface area contributed by atoms with Gasteiger partial charge < -0.3 is 15.7 Å². The first-order valence-electron chi connectivity index (χ1n) is 10.3. The predicted molar refractivity (Wildman–Crippen MR) is 121 cm³/mol. The van der Waals surface area contributed by atoms with E-state index < -0.39 is 29.2 Å². The van der Waals surface area contributed by atoms with Gasteiger partial charge in [0, 0.05) is 17.7 Å². The molecule has 3 aromatic rings. The minimum Gasteiger partial charge on any atom is -0.504 e. The molecular formula is C23H18ClF2N3O3S. The Morgan fingerprint density at radius 2 is 1.88 bits per heavy atom. The molecule has 3 N–H and O–H groups in total. The van der Waals surface area contributed by atoms with Crippen molar-refractivity contribution in [1.82, 2.24) is 10.3 Å². The molecule has 0 aliphatic heterocycles. The third-order valence-corrected chi connectivity index (χ3v) is 7.53. The van der Waals surface area contributed by atoms with E-state index in [1.54, 1.807) is 6.07 Å². The normalized spacial score (nSPS) is 20.5. The average molecular weight is 490 g/mol. The standard InChI is InChI=1S/C23H18ClF2N3O3S/c24-14-5-12(6-16(26)18(14)30)19(31)29-22-17(20(32)27-10-23-7-11(8-23)9-23)28-21(33-22)13-3-1-2-4-15(13)25/h1-6,11,30H,7-10H2,(H,27,32)(H,29,31). The number of carbonyl (C=O) groups excluding carboxylic acids is 2. The number of phenolic OH excluding ortho intramolecular Hbond substituents is 1. The Morgan fingerprint density at radius 1 is 1.15 bits per heavy atom. The molecule has 3 aliphatic rings. The SMILES string of the molecule is O=C(Nc1sc(-c2ccccc2F)nc1C(=O)NCC12CC(C1)C2)c1cc(F)c(O)c(Cl)c1. The van der Waals surface area contributed by atoms with Crippen molar-refractivity contribution >= 4 is 39.8 Å². The van der Waals surface area contributed by atoms with Crippen molar-refractivity contribution in [3.63, 3.8) is 0 Å². The quantitative estimate of drug-likeness (QED) is 0.442. The molecular weight excluding hydrogens is 472 g/mol. The third-order valence-electron chi connectivity index (χ3n) is 6.24. The second kappa shape index (κ2) is 8.07. The van der Waals surface area contributed by atoms with E-state index in [2.05, 4.69) is 15.6 Å². The molecule has 6 rings (SSSR count). The number of benzene rings is 2. The number of nitrogens with one attached hydrogen (secondary N) is 2. The molecule has 0 radical (unpaired) electrons. The summed E-state index contributed by atoms with van der Waals surface area (Å²) >= 11 is 6.70. The average Bonchev–Trinajstić information content (AvgIpc) is 3.13. The van der Waals surface area contributed by atoms with E-state index in [9.17, 15) is 23.5 Å². The molecule has 3 saturated carbocycles. The van der Waals surface area contributed by atoms with Gasteiger partial charge in [0.05, 0.1) is 5.02 Å². The van der Waals surface area contributed by atoms with Crippen LogP contribution in [-0.2, 0) is 0 Å². The highest BCUT2D eigenvalue weighted by atomic mass is 35.5. The van der Waals surface area contributed by atoms with Gasteiger partial charge in [-0.2, -0.15) is 0 Å². The van der Waals surface area contributed by atoms with E-state index in [4.69, 9.17) is 11.6 Å². The largest absolute Gasteiger partial charge is 0.504 e. The van der Waals surface area contributed by atoms with Gasteiger partial charge in [-0.05, 0) is 54.9 Å². The minimum absolute atomic E-state index is 0.0523. The fourth-order valence-corrected chi connectivity index (χ4v) is 5.60. The van der Waals surface area contributed by atoms with Crippen LogP contribution in [0, 0.1) is 23.0 Å². The lowest BCUT2D eigenvalue weighted by Crippen LogP contribution is -2.57. The Labute approximate surface area is 196 Å². The molecule has 1 aromatic heterocycles. The molecule has 2 aromatic carbocycles. The smallest absolute Gasteiger partial charge is 0.273 e. The first-order chi connectivity index (χ1) is 15.7. The molecule has 33 heavy (non-hydrogen) atoms. The van der Waals surface area contributed by atoms with Crippen molar-refractivity contribution in [2.24, 2.45) is 11.3 Å². The Bertz CT molecular complexity index is 1260. The van der Waals surface area contributed by atoms with Crippen LogP contribution in [0.3, 0.4) is 0 Å². The zero-order valence-electron chi connectivity index (χ0n) is 17.1. The highest BCUT2D eigenvalue weighted by molar-refractivity contribution is 7.19. The zero-order chi connectivity index (χ0) is 23.3. The van der Waals surface area contributed by atoms with Gasteiger partial charge in [0.1, 0.15) is 15.8 Å². The molecule has 2 bridgehead atoms. The van der Waals surface area contributed by atoms with Gasteiger partial charge in [-0.25, -0.2) is 13.8 Å². The summed E-state index contributed by atoms with van der Waals surface area (Å²) in [6, 6.07) is 7.92. The number of aromatic hydroxyl groups is 1. The third kappa shape index (κ3) is 3.95. The van der Waals surface area contributed by atoms with E-state index in [1.807, 2.05) is 0 Å². The number of aromatic nitrogens is 1. The molecule has 6 nitrogen and oxygen atoms in total. The summed E-state index contributed by atoms with van der Waals surface area (Å²) in [5.74, 6) is -2.81. The maximum absolute atomic E-state index is 14.3. The number of carbonyl (C=O) groups is 2. The first-order valence-corrected chi connectivity index (χ1v) is 11.5. The molecule has 3 fully saturated rings. The molecule has 0 unspecified atom stereocenters. The fourth-order valence-electron chi connectivity index (χ4n) is 4.41. The summed E-state index contributed by atoms with van der Waals surface area (Å²) in [5.41, 5.74) is 0.143. The second-order valence-corrected chi connectivity index (χ2v) is 9.99. The lowest BCUT2D eigenvalue weighted by Gasteiger charge is -2.62. The van der Waals surface area contributed by atoms with Crippen LogP contribution in [0.2, 0.25) is 5.02 Å². The van der Waals surface area contributed by atoms with Gasteiger partial charge in [0.25, 0.3) is 11.8 Å². The molecule has 10 heteroatoms. The van der Waals surface area contributed by atoms with Gasteiger partial charge in [-0.15, -0.1) is 0 Å². The van der Waals surface area contributed by atoms with Crippen LogP contribution in [-0.4, -0.2) is 28.4 Å². The van der Waals surface area contributed by atoms with Crippen molar-refractivity contribution in [2.75, 3.05) is 11.9 Å². The van der Waals surface area contributed by atoms with Crippen molar-refractivity contribution in [3.8, 4) is 16.3 Å². The summed E-state index contributed by atoms with van der Waals surface area (Å²) in [5, 5.41) is 14.9. The molecule has 1 heterocycles. The van der Waals surface area contributed by atoms with Crippen molar-refractivity contribution < 1.29 is 23.5 Å². The highest BCUT2D eigenvalue weighted by Crippen LogP contribution is 2.63. The minimum atomic E-state index is -1.06. The number of nitrogens with zero attached hydrogens (tertiary/aromatic N) is 1.